The van der Waals surface area contributed by atoms with Crippen LogP contribution in [0.25, 0.3) is 0 Å². The Kier molecular flexibility index (Phi) is 11.8. The Labute approximate surface area is 209 Å². The van der Waals surface area contributed by atoms with E-state index < -0.39 is 41.8 Å². The van der Waals surface area contributed by atoms with Crippen molar-refractivity contribution in [3.8, 4) is 0 Å². The summed E-state index contributed by atoms with van der Waals surface area (Å²) in [6.07, 6.45) is 2.63. The normalized spacial score (nSPS) is 13.2. The number of carbonyl (C=O) groups is 4. The summed E-state index contributed by atoms with van der Waals surface area (Å²) in [7, 11) is 0. The first kappa shape index (κ1) is 27.9. The maximum absolute atomic E-state index is 13.1. The molecule has 35 heavy (non-hydrogen) atoms. The molecule has 3 amide bonds. The molecular weight excluding hydrogens is 468 g/mol. The standard InChI is InChI=1S/C25H32N4O5S/c1-35-13-12-19(26)23(31)27-16-22(30)28-20(14-17-8-4-2-5-9-17)24(32)29-21(25(33)34)15-18-10-6-3-7-11-18/h2-11,19-21H,12-16,26H2,1H3,(H,27,31)(H,28,30)(H,29,32)(H,33,34). The molecule has 9 nitrogen and oxygen atoms in total. The number of carboxylic acids is 1. The number of aliphatic carboxylic acids is 1. The Morgan fingerprint density at radius 1 is 0.857 bits per heavy atom. The predicted molar refractivity (Wildman–Crippen MR) is 136 cm³/mol. The molecule has 10 heteroatoms. The second-order valence-corrected chi connectivity index (χ2v) is 8.99. The second kappa shape index (κ2) is 14.8. The van der Waals surface area contributed by atoms with Gasteiger partial charge in [0.15, 0.2) is 0 Å². The molecule has 0 aliphatic rings. The minimum Gasteiger partial charge on any atom is -0.480 e. The Morgan fingerprint density at radius 3 is 1.91 bits per heavy atom. The van der Waals surface area contributed by atoms with E-state index in [-0.39, 0.29) is 19.4 Å². The highest BCUT2D eigenvalue weighted by Gasteiger charge is 2.27. The van der Waals surface area contributed by atoms with Gasteiger partial charge >= 0.3 is 5.97 Å². The summed E-state index contributed by atoms with van der Waals surface area (Å²) in [6, 6.07) is 15.0. The van der Waals surface area contributed by atoms with Crippen LogP contribution in [-0.4, -0.2) is 65.5 Å². The summed E-state index contributed by atoms with van der Waals surface area (Å²) >= 11 is 1.57. The molecule has 0 bridgehead atoms. The van der Waals surface area contributed by atoms with Gasteiger partial charge in [0.05, 0.1) is 12.6 Å². The molecule has 2 rings (SSSR count). The van der Waals surface area contributed by atoms with Gasteiger partial charge in [-0.25, -0.2) is 4.79 Å². The summed E-state index contributed by atoms with van der Waals surface area (Å²) in [5, 5.41) is 17.3. The van der Waals surface area contributed by atoms with Crippen molar-refractivity contribution in [2.75, 3.05) is 18.6 Å². The number of carboxylic acid groups (broad SMARTS) is 1. The molecule has 0 aliphatic carbocycles. The molecule has 3 unspecified atom stereocenters. The highest BCUT2D eigenvalue weighted by Crippen LogP contribution is 2.07. The number of rotatable bonds is 14. The Hall–Kier alpha value is -3.37. The molecule has 6 N–H and O–H groups in total. The number of hydrogen-bond acceptors (Lipinski definition) is 6. The van der Waals surface area contributed by atoms with Crippen molar-refractivity contribution in [1.29, 1.82) is 0 Å². The maximum atomic E-state index is 13.1. The summed E-state index contributed by atoms with van der Waals surface area (Å²) in [5.74, 6) is -2.13. The van der Waals surface area contributed by atoms with E-state index in [0.29, 0.717) is 12.2 Å². The third kappa shape index (κ3) is 10.2. The van der Waals surface area contributed by atoms with Crippen LogP contribution in [0.4, 0.5) is 0 Å². The fraction of sp³-hybridized carbons (Fsp3) is 0.360. The molecule has 3 atom stereocenters. The third-order valence-corrected chi connectivity index (χ3v) is 5.87. The molecule has 0 saturated carbocycles. The maximum Gasteiger partial charge on any atom is 0.326 e. The summed E-state index contributed by atoms with van der Waals surface area (Å²) in [5.41, 5.74) is 7.35. The Bertz CT molecular complexity index is 974. The first-order valence-electron chi connectivity index (χ1n) is 11.2. The molecule has 0 radical (unpaired) electrons. The second-order valence-electron chi connectivity index (χ2n) is 8.00. The molecule has 2 aromatic rings. The van der Waals surface area contributed by atoms with Crippen LogP contribution in [0.15, 0.2) is 60.7 Å². The summed E-state index contributed by atoms with van der Waals surface area (Å²) in [4.78, 5) is 49.5. The zero-order valence-corrected chi connectivity index (χ0v) is 20.4. The van der Waals surface area contributed by atoms with Crippen LogP contribution in [0.1, 0.15) is 17.5 Å². The van der Waals surface area contributed by atoms with Gasteiger partial charge in [-0.15, -0.1) is 0 Å². The van der Waals surface area contributed by atoms with Crippen molar-refractivity contribution < 1.29 is 24.3 Å². The quantitative estimate of drug-likeness (QED) is 0.256. The number of benzene rings is 2. The number of amides is 3. The molecule has 0 fully saturated rings. The highest BCUT2D eigenvalue weighted by molar-refractivity contribution is 7.98. The molecule has 0 heterocycles. The first-order chi connectivity index (χ1) is 16.8. The predicted octanol–water partition coefficient (Wildman–Crippen LogP) is 0.723. The van der Waals surface area contributed by atoms with Gasteiger partial charge in [-0.3, -0.25) is 14.4 Å². The van der Waals surface area contributed by atoms with Gasteiger partial charge in [-0.2, -0.15) is 11.8 Å². The van der Waals surface area contributed by atoms with Gasteiger partial charge in [-0.1, -0.05) is 60.7 Å². The van der Waals surface area contributed by atoms with Gasteiger partial charge in [0.25, 0.3) is 0 Å². The average molecular weight is 501 g/mol. The fourth-order valence-corrected chi connectivity index (χ4v) is 3.79. The van der Waals surface area contributed by atoms with E-state index in [0.717, 1.165) is 11.1 Å². The lowest BCUT2D eigenvalue weighted by Crippen LogP contribution is -2.54. The van der Waals surface area contributed by atoms with Gasteiger partial charge in [0.1, 0.15) is 12.1 Å². The van der Waals surface area contributed by atoms with E-state index >= 15 is 0 Å². The van der Waals surface area contributed by atoms with Gasteiger partial charge in [0, 0.05) is 12.8 Å². The topological polar surface area (TPSA) is 151 Å². The zero-order chi connectivity index (χ0) is 25.6. The van der Waals surface area contributed by atoms with Crippen molar-refractivity contribution >= 4 is 35.5 Å². The van der Waals surface area contributed by atoms with Crippen LogP contribution in [0, 0.1) is 0 Å². The van der Waals surface area contributed by atoms with Crippen molar-refractivity contribution in [3.05, 3.63) is 71.8 Å². The lowest BCUT2D eigenvalue weighted by atomic mass is 10.0. The van der Waals surface area contributed by atoms with E-state index in [2.05, 4.69) is 16.0 Å². The van der Waals surface area contributed by atoms with Crippen LogP contribution >= 0.6 is 11.8 Å². The molecule has 0 saturated heterocycles. The summed E-state index contributed by atoms with van der Waals surface area (Å²) < 4.78 is 0. The van der Waals surface area contributed by atoms with Gasteiger partial charge in [-0.05, 0) is 29.6 Å². The smallest absolute Gasteiger partial charge is 0.326 e. The molecule has 2 aromatic carbocycles. The van der Waals surface area contributed by atoms with E-state index in [4.69, 9.17) is 5.73 Å². The fourth-order valence-electron chi connectivity index (χ4n) is 3.30. The van der Waals surface area contributed by atoms with Gasteiger partial charge < -0.3 is 26.8 Å². The molecule has 0 aromatic heterocycles. The van der Waals surface area contributed by atoms with Crippen LogP contribution in [0.5, 0.6) is 0 Å². The van der Waals surface area contributed by atoms with Crippen molar-refractivity contribution in [2.24, 2.45) is 5.73 Å². The Morgan fingerprint density at radius 2 is 1.40 bits per heavy atom. The molecule has 188 valence electrons. The molecular formula is C25H32N4O5S. The van der Waals surface area contributed by atoms with E-state index in [1.54, 1.807) is 60.3 Å². The van der Waals surface area contributed by atoms with E-state index in [9.17, 15) is 24.3 Å². The monoisotopic (exact) mass is 500 g/mol. The first-order valence-corrected chi connectivity index (χ1v) is 12.6. The van der Waals surface area contributed by atoms with Crippen LogP contribution in [-0.2, 0) is 32.0 Å². The highest BCUT2D eigenvalue weighted by atomic mass is 32.2. The average Bonchev–Trinajstić information content (AvgIpc) is 2.86. The van der Waals surface area contributed by atoms with Crippen LogP contribution in [0.2, 0.25) is 0 Å². The van der Waals surface area contributed by atoms with Crippen LogP contribution in [0.3, 0.4) is 0 Å². The zero-order valence-electron chi connectivity index (χ0n) is 19.6. The van der Waals surface area contributed by atoms with Crippen molar-refractivity contribution in [3.63, 3.8) is 0 Å². The number of hydrogen-bond donors (Lipinski definition) is 5. The van der Waals surface area contributed by atoms with E-state index in [1.807, 2.05) is 18.4 Å². The number of thioether (sulfide) groups is 1. The Balaban J connectivity index is 2.05. The lowest BCUT2D eigenvalue weighted by Gasteiger charge is -2.22. The number of nitrogens with one attached hydrogen (secondary N) is 3. The number of nitrogens with two attached hydrogens (primary N) is 1. The number of carbonyl (C=O) groups excluding carboxylic acids is 3. The minimum absolute atomic E-state index is 0.0951. The van der Waals surface area contributed by atoms with Gasteiger partial charge in [0.2, 0.25) is 17.7 Å². The minimum atomic E-state index is -1.18. The van der Waals surface area contributed by atoms with Crippen molar-refractivity contribution in [2.45, 2.75) is 37.4 Å². The summed E-state index contributed by atoms with van der Waals surface area (Å²) in [6.45, 7) is -0.350. The molecule has 0 aliphatic heterocycles. The third-order valence-electron chi connectivity index (χ3n) is 5.22. The largest absolute Gasteiger partial charge is 0.480 e. The lowest BCUT2D eigenvalue weighted by molar-refractivity contribution is -0.142. The van der Waals surface area contributed by atoms with E-state index in [1.165, 1.54) is 0 Å². The SMILES string of the molecule is CSCCC(N)C(=O)NCC(=O)NC(Cc1ccccc1)C(=O)NC(Cc1ccccc1)C(=O)O. The molecule has 0 spiro atoms. The van der Waals surface area contributed by atoms with Crippen molar-refractivity contribution in [1.82, 2.24) is 16.0 Å². The van der Waals surface area contributed by atoms with Crippen LogP contribution < -0.4 is 21.7 Å².